The summed E-state index contributed by atoms with van der Waals surface area (Å²) < 4.78 is 6.40. The number of nitrogens with zero attached hydrogens (tertiary/aromatic N) is 1. The Balaban J connectivity index is 2.64. The van der Waals surface area contributed by atoms with Crippen LogP contribution in [0, 0.1) is 6.92 Å². The summed E-state index contributed by atoms with van der Waals surface area (Å²) in [5.74, 6) is -0.00185. The smallest absolute Gasteiger partial charge is 0.336 e. The Morgan fingerprint density at radius 1 is 1.35 bits per heavy atom. The first kappa shape index (κ1) is 11.4. The summed E-state index contributed by atoms with van der Waals surface area (Å²) in [5.41, 5.74) is 2.33. The van der Waals surface area contributed by atoms with E-state index in [9.17, 15) is 9.59 Å². The molecule has 0 radical (unpaired) electrons. The van der Waals surface area contributed by atoms with Gasteiger partial charge in [-0.25, -0.2) is 9.53 Å². The molecule has 0 atom stereocenters. The average Bonchev–Trinajstić information content (AvgIpc) is 2.53. The minimum Gasteiger partial charge on any atom is -0.336 e. The fraction of sp³-hybridized carbons (Fsp3) is 0.231. The van der Waals surface area contributed by atoms with Crippen LogP contribution in [0.3, 0.4) is 0 Å². The molecular formula is C13H13NO3. The Morgan fingerprint density at radius 3 is 2.59 bits per heavy atom. The summed E-state index contributed by atoms with van der Waals surface area (Å²) in [7, 11) is 1.67. The summed E-state index contributed by atoms with van der Waals surface area (Å²) in [6.07, 6.45) is 0. The van der Waals surface area contributed by atoms with E-state index >= 15 is 0 Å². The number of hydrogen-bond acceptors (Lipinski definition) is 3. The second kappa shape index (κ2) is 4.05. The molecule has 1 aromatic heterocycles. The van der Waals surface area contributed by atoms with Crippen molar-refractivity contribution in [1.29, 1.82) is 0 Å². The van der Waals surface area contributed by atoms with Crippen LogP contribution in [0.15, 0.2) is 33.6 Å². The van der Waals surface area contributed by atoms with Crippen molar-refractivity contribution in [1.82, 2.24) is 4.74 Å². The zero-order chi connectivity index (χ0) is 12.6. The highest BCUT2D eigenvalue weighted by Gasteiger charge is 2.13. The number of hydrogen-bond donors (Lipinski definition) is 0. The second-order valence-electron chi connectivity index (χ2n) is 3.99. The highest BCUT2D eigenvalue weighted by molar-refractivity contribution is 5.95. The van der Waals surface area contributed by atoms with Crippen LogP contribution in [0.5, 0.6) is 0 Å². The van der Waals surface area contributed by atoms with Gasteiger partial charge in [0.2, 0.25) is 0 Å². The molecule has 0 aliphatic heterocycles. The Bertz CT molecular complexity index is 634. The lowest BCUT2D eigenvalue weighted by Gasteiger charge is -2.04. The monoisotopic (exact) mass is 231 g/mol. The number of aryl methyl sites for hydroxylation is 1. The maximum absolute atomic E-state index is 11.4. The largest absolute Gasteiger partial charge is 0.361 e. The van der Waals surface area contributed by atoms with E-state index < -0.39 is 0 Å². The van der Waals surface area contributed by atoms with Gasteiger partial charge in [0.15, 0.2) is 5.78 Å². The summed E-state index contributed by atoms with van der Waals surface area (Å²) in [6, 6.07) is 7.16. The molecule has 0 bridgehead atoms. The lowest BCUT2D eigenvalue weighted by molar-refractivity contribution is 0.101. The van der Waals surface area contributed by atoms with Crippen LogP contribution in [-0.2, 0) is 7.05 Å². The Labute approximate surface area is 98.4 Å². The SMILES string of the molecule is CC(=O)c1cccc(-c2c(C)c(=O)on2C)c1. The Kier molecular flexibility index (Phi) is 2.71. The molecule has 0 saturated heterocycles. The highest BCUT2D eigenvalue weighted by atomic mass is 16.5. The summed E-state index contributed by atoms with van der Waals surface area (Å²) >= 11 is 0. The molecule has 0 unspecified atom stereocenters. The molecule has 4 nitrogen and oxygen atoms in total. The quantitative estimate of drug-likeness (QED) is 0.744. The molecule has 17 heavy (non-hydrogen) atoms. The van der Waals surface area contributed by atoms with Crippen LogP contribution in [0.2, 0.25) is 0 Å². The topological polar surface area (TPSA) is 52.2 Å². The van der Waals surface area contributed by atoms with E-state index in [1.165, 1.54) is 11.7 Å². The normalized spacial score (nSPS) is 10.5. The average molecular weight is 231 g/mol. The van der Waals surface area contributed by atoms with E-state index in [0.717, 1.165) is 5.56 Å². The Hall–Kier alpha value is -2.10. The number of Topliss-reactive ketones (excluding diaryl/α,β-unsaturated/α-hetero) is 1. The lowest BCUT2D eigenvalue weighted by atomic mass is 10.0. The first-order valence-electron chi connectivity index (χ1n) is 5.29. The van der Waals surface area contributed by atoms with Gasteiger partial charge in [0.1, 0.15) is 0 Å². The molecule has 1 heterocycles. The molecule has 88 valence electrons. The van der Waals surface area contributed by atoms with Crippen molar-refractivity contribution in [2.45, 2.75) is 13.8 Å². The van der Waals surface area contributed by atoms with Crippen molar-refractivity contribution in [3.8, 4) is 11.3 Å². The van der Waals surface area contributed by atoms with Gasteiger partial charge in [0.05, 0.1) is 11.3 Å². The molecule has 0 saturated carbocycles. The Morgan fingerprint density at radius 2 is 2.06 bits per heavy atom. The van der Waals surface area contributed by atoms with Gasteiger partial charge in [-0.3, -0.25) is 4.79 Å². The van der Waals surface area contributed by atoms with Gasteiger partial charge >= 0.3 is 5.63 Å². The van der Waals surface area contributed by atoms with Crippen LogP contribution in [0.4, 0.5) is 0 Å². The van der Waals surface area contributed by atoms with Crippen molar-refractivity contribution >= 4 is 5.78 Å². The molecule has 0 aliphatic carbocycles. The minimum atomic E-state index is -0.351. The van der Waals surface area contributed by atoms with Crippen LogP contribution in [0.25, 0.3) is 11.3 Å². The third kappa shape index (κ3) is 1.93. The van der Waals surface area contributed by atoms with Gasteiger partial charge in [-0.2, -0.15) is 0 Å². The van der Waals surface area contributed by atoms with Gasteiger partial charge in [-0.1, -0.05) is 18.2 Å². The van der Waals surface area contributed by atoms with Gasteiger partial charge in [0, 0.05) is 18.2 Å². The van der Waals surface area contributed by atoms with Crippen molar-refractivity contribution in [3.05, 3.63) is 45.8 Å². The molecule has 1 aromatic carbocycles. The van der Waals surface area contributed by atoms with Gasteiger partial charge in [-0.05, 0) is 19.9 Å². The van der Waals surface area contributed by atoms with Gasteiger partial charge < -0.3 is 4.52 Å². The predicted molar refractivity (Wildman–Crippen MR) is 64.1 cm³/mol. The van der Waals surface area contributed by atoms with E-state index in [2.05, 4.69) is 0 Å². The second-order valence-corrected chi connectivity index (χ2v) is 3.99. The maximum Gasteiger partial charge on any atom is 0.361 e. The van der Waals surface area contributed by atoms with E-state index in [1.54, 1.807) is 32.2 Å². The molecule has 2 aromatic rings. The zero-order valence-electron chi connectivity index (χ0n) is 9.98. The van der Waals surface area contributed by atoms with E-state index in [-0.39, 0.29) is 11.4 Å². The van der Waals surface area contributed by atoms with Crippen molar-refractivity contribution in [2.75, 3.05) is 0 Å². The molecule has 0 spiro atoms. The van der Waals surface area contributed by atoms with Crippen molar-refractivity contribution in [2.24, 2.45) is 7.05 Å². The van der Waals surface area contributed by atoms with Crippen LogP contribution >= 0.6 is 0 Å². The number of aromatic nitrogens is 1. The summed E-state index contributed by atoms with van der Waals surface area (Å²) in [5, 5.41) is 0. The third-order valence-corrected chi connectivity index (χ3v) is 2.74. The van der Waals surface area contributed by atoms with Gasteiger partial charge in [0.25, 0.3) is 0 Å². The van der Waals surface area contributed by atoms with Crippen molar-refractivity contribution in [3.63, 3.8) is 0 Å². The first-order valence-corrected chi connectivity index (χ1v) is 5.29. The number of benzene rings is 1. The molecular weight excluding hydrogens is 218 g/mol. The predicted octanol–water partition coefficient (Wildman–Crippen LogP) is 2.16. The maximum atomic E-state index is 11.4. The molecule has 0 N–H and O–H groups in total. The van der Waals surface area contributed by atoms with Crippen LogP contribution in [0.1, 0.15) is 22.8 Å². The van der Waals surface area contributed by atoms with Crippen LogP contribution < -0.4 is 5.63 Å². The number of rotatable bonds is 2. The molecule has 4 heteroatoms. The molecule has 0 fully saturated rings. The first-order chi connectivity index (χ1) is 8.00. The van der Waals surface area contributed by atoms with E-state index in [0.29, 0.717) is 16.8 Å². The van der Waals surface area contributed by atoms with Crippen molar-refractivity contribution < 1.29 is 9.32 Å². The molecule has 0 amide bonds. The standard InChI is InChI=1S/C13H13NO3/c1-8-12(14(3)17-13(8)16)11-6-4-5-10(7-11)9(2)15/h4-7H,1-3H3. The van der Waals surface area contributed by atoms with E-state index in [1.807, 2.05) is 6.07 Å². The lowest BCUT2D eigenvalue weighted by Crippen LogP contribution is -1.97. The highest BCUT2D eigenvalue weighted by Crippen LogP contribution is 2.22. The summed E-state index contributed by atoms with van der Waals surface area (Å²) in [6.45, 7) is 3.22. The molecule has 2 rings (SSSR count). The summed E-state index contributed by atoms with van der Waals surface area (Å²) in [4.78, 5) is 22.7. The van der Waals surface area contributed by atoms with Gasteiger partial charge in [-0.15, -0.1) is 0 Å². The van der Waals surface area contributed by atoms with Crippen LogP contribution in [-0.4, -0.2) is 10.5 Å². The number of carbonyl (C=O) groups is 1. The van der Waals surface area contributed by atoms with E-state index in [4.69, 9.17) is 4.52 Å². The fourth-order valence-corrected chi connectivity index (χ4v) is 1.86. The number of ketones is 1. The number of carbonyl (C=O) groups excluding carboxylic acids is 1. The minimum absolute atomic E-state index is 0.00185. The fourth-order valence-electron chi connectivity index (χ4n) is 1.86. The third-order valence-electron chi connectivity index (χ3n) is 2.74. The molecule has 0 aliphatic rings. The zero-order valence-corrected chi connectivity index (χ0v) is 9.98.